The van der Waals surface area contributed by atoms with Gasteiger partial charge in [0.2, 0.25) is 0 Å². The third-order valence-corrected chi connectivity index (χ3v) is 11.3. The van der Waals surface area contributed by atoms with Crippen LogP contribution in [0.5, 0.6) is 0 Å². The Kier molecular flexibility index (Phi) is 8.25. The predicted molar refractivity (Wildman–Crippen MR) is 154 cm³/mol. The molecule has 46 heavy (non-hydrogen) atoms. The zero-order chi connectivity index (χ0) is 33.0. The maximum absolute atomic E-state index is 13.5. The van der Waals surface area contributed by atoms with Gasteiger partial charge in [-0.2, -0.15) is 32.1 Å². The van der Waals surface area contributed by atoms with Gasteiger partial charge in [0.1, 0.15) is 17.7 Å². The maximum atomic E-state index is 13.5. The Morgan fingerprint density at radius 3 is 2.54 bits per heavy atom. The minimum absolute atomic E-state index is 0.00150. The highest BCUT2D eigenvalue weighted by Gasteiger charge is 2.50. The first-order chi connectivity index (χ1) is 21.7. The van der Waals surface area contributed by atoms with Crippen molar-refractivity contribution >= 4 is 33.6 Å². The zero-order valence-electron chi connectivity index (χ0n) is 24.7. The van der Waals surface area contributed by atoms with E-state index in [0.29, 0.717) is 34.7 Å². The van der Waals surface area contributed by atoms with Gasteiger partial charge >= 0.3 is 21.5 Å². The molecule has 2 fully saturated rings. The van der Waals surface area contributed by atoms with Crippen molar-refractivity contribution in [3.05, 3.63) is 58.7 Å². The number of rotatable bonds is 7. The molecule has 0 saturated heterocycles. The molecule has 1 aliphatic heterocycles. The lowest BCUT2D eigenvalue weighted by molar-refractivity contribution is -0.146. The van der Waals surface area contributed by atoms with Crippen LogP contribution in [0.25, 0.3) is 5.78 Å². The molecule has 3 aliphatic rings. The van der Waals surface area contributed by atoms with Crippen LogP contribution in [-0.2, 0) is 34.3 Å². The van der Waals surface area contributed by atoms with Crippen molar-refractivity contribution < 1.29 is 41.1 Å². The van der Waals surface area contributed by atoms with Crippen molar-refractivity contribution in [1.29, 1.82) is 0 Å². The number of fused-ring (bicyclic) bond motifs is 3. The standard InChI is InChI=1S/C29H32F3N7O6S/c1-15-19-6-7-22(21(19)5-4-20(15)27(42)43)36-26(41)24-11-23(37-28-34-14-35-39(24)28)25(40)33-12-16-2-3-17-8-9-38(13-18(17)10-16)46(44,45)29(30,31)32/h2-3,10-11,14-15,19-22H,4-9,12-13H2,1H3,(H,33,40)(H,36,41)(H,42,43)/t15?,19?,20?,21?,22-/m0/s1. The van der Waals surface area contributed by atoms with Crippen LogP contribution >= 0.6 is 0 Å². The Hall–Kier alpha value is -4.12. The summed E-state index contributed by atoms with van der Waals surface area (Å²) in [6.45, 7) is 1.19. The van der Waals surface area contributed by atoms with Crippen molar-refractivity contribution in [3.8, 4) is 0 Å². The van der Waals surface area contributed by atoms with Crippen LogP contribution in [-0.4, -0.2) is 73.3 Å². The minimum Gasteiger partial charge on any atom is -0.481 e. The van der Waals surface area contributed by atoms with E-state index in [1.54, 1.807) is 18.2 Å². The molecule has 13 nitrogen and oxygen atoms in total. The van der Waals surface area contributed by atoms with Gasteiger partial charge in [-0.15, -0.1) is 0 Å². The molecule has 6 rings (SSSR count). The highest BCUT2D eigenvalue weighted by atomic mass is 32.2. The monoisotopic (exact) mass is 663 g/mol. The Morgan fingerprint density at radius 1 is 1.04 bits per heavy atom. The molecule has 2 aliphatic carbocycles. The number of aromatic nitrogens is 4. The van der Waals surface area contributed by atoms with Gasteiger partial charge in [0.05, 0.1) is 5.92 Å². The number of hydrogen-bond donors (Lipinski definition) is 3. The lowest BCUT2D eigenvalue weighted by atomic mass is 9.68. The molecule has 3 heterocycles. The van der Waals surface area contributed by atoms with Crippen molar-refractivity contribution in [3.63, 3.8) is 0 Å². The summed E-state index contributed by atoms with van der Waals surface area (Å²) in [6.07, 6.45) is 4.08. The molecule has 5 atom stereocenters. The molecular formula is C29H32F3N7O6S. The lowest BCUT2D eigenvalue weighted by Gasteiger charge is -2.38. The number of carbonyl (C=O) groups is 3. The molecule has 246 valence electrons. The van der Waals surface area contributed by atoms with Crippen LogP contribution < -0.4 is 10.6 Å². The number of nitrogens with zero attached hydrogens (tertiary/aromatic N) is 5. The summed E-state index contributed by atoms with van der Waals surface area (Å²) in [7, 11) is -5.47. The fraction of sp³-hybridized carbons (Fsp3) is 0.517. The summed E-state index contributed by atoms with van der Waals surface area (Å²) < 4.78 is 64.7. The maximum Gasteiger partial charge on any atom is 0.511 e. The first-order valence-corrected chi connectivity index (χ1v) is 16.4. The summed E-state index contributed by atoms with van der Waals surface area (Å²) in [6, 6.07) is 6.09. The van der Waals surface area contributed by atoms with E-state index in [1.165, 1.54) is 16.9 Å². The van der Waals surface area contributed by atoms with Gasteiger partial charge in [-0.1, -0.05) is 25.1 Å². The number of hydrogen-bond acceptors (Lipinski definition) is 8. The van der Waals surface area contributed by atoms with Crippen LogP contribution in [0.4, 0.5) is 13.2 Å². The topological polar surface area (TPSA) is 176 Å². The van der Waals surface area contributed by atoms with Crippen molar-refractivity contribution in [2.24, 2.45) is 23.7 Å². The van der Waals surface area contributed by atoms with E-state index in [0.717, 1.165) is 12.0 Å². The number of carboxylic acid groups (broad SMARTS) is 1. The summed E-state index contributed by atoms with van der Waals surface area (Å²) in [5.41, 5.74) is -3.80. The Bertz CT molecular complexity index is 1810. The number of carbonyl (C=O) groups excluding carboxylic acids is 2. The summed E-state index contributed by atoms with van der Waals surface area (Å²) in [5, 5.41) is 19.4. The number of halogens is 3. The van der Waals surface area contributed by atoms with Gasteiger partial charge in [-0.3, -0.25) is 14.4 Å². The second-order valence-electron chi connectivity index (χ2n) is 12.2. The van der Waals surface area contributed by atoms with Crippen LogP contribution in [0.3, 0.4) is 0 Å². The molecule has 2 aromatic heterocycles. The first-order valence-electron chi connectivity index (χ1n) is 14.9. The predicted octanol–water partition coefficient (Wildman–Crippen LogP) is 2.52. The zero-order valence-corrected chi connectivity index (χ0v) is 25.5. The van der Waals surface area contributed by atoms with E-state index >= 15 is 0 Å². The Morgan fingerprint density at radius 2 is 1.80 bits per heavy atom. The molecule has 17 heteroatoms. The van der Waals surface area contributed by atoms with Gasteiger partial charge in [-0.05, 0) is 66.5 Å². The summed E-state index contributed by atoms with van der Waals surface area (Å²) in [5.74, 6) is -1.94. The normalized spacial score (nSPS) is 25.1. The second-order valence-corrected chi connectivity index (χ2v) is 14.1. The van der Waals surface area contributed by atoms with Crippen LogP contribution in [0.1, 0.15) is 70.3 Å². The Balaban J connectivity index is 1.14. The van der Waals surface area contributed by atoms with Gasteiger partial charge < -0.3 is 15.7 Å². The van der Waals surface area contributed by atoms with Gasteiger partial charge in [0.25, 0.3) is 17.6 Å². The quantitative estimate of drug-likeness (QED) is 0.343. The summed E-state index contributed by atoms with van der Waals surface area (Å²) in [4.78, 5) is 46.6. The van der Waals surface area contributed by atoms with Crippen molar-refractivity contribution in [1.82, 2.24) is 34.5 Å². The summed E-state index contributed by atoms with van der Waals surface area (Å²) >= 11 is 0. The number of carboxylic acids is 1. The largest absolute Gasteiger partial charge is 0.511 e. The highest BCUT2D eigenvalue weighted by Crippen LogP contribution is 2.48. The molecule has 0 bridgehead atoms. The van der Waals surface area contributed by atoms with E-state index in [9.17, 15) is 41.1 Å². The first kappa shape index (κ1) is 31.8. The van der Waals surface area contributed by atoms with Gasteiger partial charge in [0.15, 0.2) is 0 Å². The van der Waals surface area contributed by atoms with E-state index in [1.807, 2.05) is 6.92 Å². The van der Waals surface area contributed by atoms with Crippen LogP contribution in [0.2, 0.25) is 0 Å². The van der Waals surface area contributed by atoms with E-state index < -0.39 is 45.8 Å². The van der Waals surface area contributed by atoms with Gasteiger partial charge in [-0.25, -0.2) is 13.4 Å². The third-order valence-electron chi connectivity index (χ3n) is 9.68. The number of sulfonamides is 1. The molecule has 0 radical (unpaired) electrons. The van der Waals surface area contributed by atoms with Crippen LogP contribution in [0, 0.1) is 23.7 Å². The number of nitrogens with one attached hydrogen (secondary N) is 2. The molecule has 3 aromatic rings. The fourth-order valence-electron chi connectivity index (χ4n) is 7.28. The molecule has 3 N–H and O–H groups in total. The number of alkyl halides is 3. The fourth-order valence-corrected chi connectivity index (χ4v) is 8.21. The average Bonchev–Trinajstić information content (AvgIpc) is 3.66. The lowest BCUT2D eigenvalue weighted by Crippen LogP contribution is -2.44. The molecule has 2 amide bonds. The van der Waals surface area contributed by atoms with Crippen molar-refractivity contribution in [2.75, 3.05) is 6.54 Å². The van der Waals surface area contributed by atoms with Gasteiger partial charge in [0, 0.05) is 31.7 Å². The highest BCUT2D eigenvalue weighted by molar-refractivity contribution is 7.89. The molecule has 2 saturated carbocycles. The Labute approximate surface area is 261 Å². The molecule has 1 aromatic carbocycles. The minimum atomic E-state index is -5.47. The second kappa shape index (κ2) is 11.9. The third kappa shape index (κ3) is 5.81. The average molecular weight is 664 g/mol. The molecule has 4 unspecified atom stereocenters. The van der Waals surface area contributed by atoms with E-state index in [4.69, 9.17) is 0 Å². The molecular weight excluding hydrogens is 631 g/mol. The number of amides is 2. The van der Waals surface area contributed by atoms with Crippen molar-refractivity contribution in [2.45, 2.75) is 63.7 Å². The van der Waals surface area contributed by atoms with Crippen LogP contribution in [0.15, 0.2) is 30.6 Å². The smallest absolute Gasteiger partial charge is 0.481 e. The number of aliphatic carboxylic acids is 1. The number of benzene rings is 1. The SMILES string of the molecule is CC1C(C(=O)O)CCC2C1CC[C@@H]2NC(=O)c1cc(C(=O)NCc2ccc3c(c2)CN(S(=O)(=O)C(F)(F)F)CC3)nc2ncnn12. The van der Waals surface area contributed by atoms with E-state index in [-0.39, 0.29) is 60.5 Å². The van der Waals surface area contributed by atoms with E-state index in [2.05, 4.69) is 25.7 Å². The molecule has 0 spiro atoms.